The number of nitrogens with one attached hydrogen (secondary N) is 2. The molecule has 1 aliphatic carbocycles. The third-order valence-corrected chi connectivity index (χ3v) is 7.11. The third-order valence-electron chi connectivity index (χ3n) is 7.11. The molecule has 3 aromatic rings. The van der Waals surface area contributed by atoms with E-state index in [2.05, 4.69) is 10.6 Å². The van der Waals surface area contributed by atoms with Crippen LogP contribution in [0.4, 0.5) is 11.5 Å². The molecule has 38 heavy (non-hydrogen) atoms. The molecule has 1 saturated carbocycles. The number of aliphatic carboxylic acids is 1. The average molecular weight is 522 g/mol. The number of anilines is 2. The fourth-order valence-electron chi connectivity index (χ4n) is 5.07. The number of esters is 1. The molecule has 10 heteroatoms. The van der Waals surface area contributed by atoms with E-state index in [0.29, 0.717) is 22.7 Å². The molecule has 3 N–H and O–H groups in total. The van der Waals surface area contributed by atoms with E-state index in [-0.39, 0.29) is 24.8 Å². The fourth-order valence-corrected chi connectivity index (χ4v) is 5.07. The van der Waals surface area contributed by atoms with Crippen LogP contribution in [-0.4, -0.2) is 66.1 Å². The summed E-state index contributed by atoms with van der Waals surface area (Å²) in [6.07, 6.45) is 6.67. The van der Waals surface area contributed by atoms with Crippen molar-refractivity contribution >= 4 is 35.0 Å². The molecular weight excluding hydrogens is 486 g/mol. The van der Waals surface area contributed by atoms with Gasteiger partial charge in [-0.15, -0.1) is 0 Å². The van der Waals surface area contributed by atoms with Gasteiger partial charge in [0.15, 0.2) is 5.65 Å². The van der Waals surface area contributed by atoms with Crippen molar-refractivity contribution in [3.8, 4) is 11.3 Å². The summed E-state index contributed by atoms with van der Waals surface area (Å²) in [7, 11) is 5.24. The minimum Gasteiger partial charge on any atom is -0.481 e. The van der Waals surface area contributed by atoms with Crippen molar-refractivity contribution in [2.24, 2.45) is 5.92 Å². The van der Waals surface area contributed by atoms with E-state index in [1.807, 2.05) is 43.3 Å². The fraction of sp³-hybridized carbons (Fsp3) is 0.429. The van der Waals surface area contributed by atoms with Gasteiger partial charge in [-0.1, -0.05) is 31.4 Å². The maximum Gasteiger partial charge on any atom is 0.325 e. The Balaban J connectivity index is 1.72. The maximum absolute atomic E-state index is 13.5. The van der Waals surface area contributed by atoms with Gasteiger partial charge in [-0.05, 0) is 43.0 Å². The lowest BCUT2D eigenvalue weighted by molar-refractivity contribution is -0.139. The number of carbonyl (C=O) groups is 3. The largest absolute Gasteiger partial charge is 0.481 e. The van der Waals surface area contributed by atoms with Crippen LogP contribution in [0, 0.1) is 5.92 Å². The Hall–Kier alpha value is -4.08. The number of nitrogens with zero attached hydrogens (tertiary/aromatic N) is 3. The minimum absolute atomic E-state index is 0.0775. The van der Waals surface area contributed by atoms with E-state index in [1.165, 1.54) is 7.11 Å². The second-order valence-corrected chi connectivity index (χ2v) is 9.87. The number of hydrogen-bond donors (Lipinski definition) is 3. The molecule has 1 aliphatic rings. The van der Waals surface area contributed by atoms with Crippen LogP contribution in [0.25, 0.3) is 16.9 Å². The second-order valence-electron chi connectivity index (χ2n) is 9.87. The highest BCUT2D eigenvalue weighted by atomic mass is 16.5. The number of rotatable bonds is 10. The van der Waals surface area contributed by atoms with Gasteiger partial charge >= 0.3 is 11.9 Å². The molecule has 0 bridgehead atoms. The Kier molecular flexibility index (Phi) is 8.50. The van der Waals surface area contributed by atoms with Gasteiger partial charge in [-0.25, -0.2) is 4.98 Å². The van der Waals surface area contributed by atoms with Crippen molar-refractivity contribution in [3.63, 3.8) is 0 Å². The predicted octanol–water partition coefficient (Wildman–Crippen LogP) is 3.81. The first-order chi connectivity index (χ1) is 18.3. The zero-order chi connectivity index (χ0) is 27.2. The highest BCUT2D eigenvalue weighted by molar-refractivity contribution is 6.01. The zero-order valence-corrected chi connectivity index (χ0v) is 22.1. The Morgan fingerprint density at radius 1 is 1.13 bits per heavy atom. The number of pyridine rings is 1. The molecule has 1 unspecified atom stereocenters. The van der Waals surface area contributed by atoms with Crippen molar-refractivity contribution in [1.82, 2.24) is 14.7 Å². The number of carbonyl (C=O) groups excluding carboxylic acids is 2. The van der Waals surface area contributed by atoms with Gasteiger partial charge in [0.2, 0.25) is 0 Å². The van der Waals surface area contributed by atoms with Gasteiger partial charge in [0, 0.05) is 37.6 Å². The van der Waals surface area contributed by atoms with Crippen molar-refractivity contribution in [3.05, 3.63) is 48.2 Å². The number of carboxylic acid groups (broad SMARTS) is 1. The normalized spacial score (nSPS) is 14.6. The van der Waals surface area contributed by atoms with Crippen LogP contribution in [0.5, 0.6) is 0 Å². The van der Waals surface area contributed by atoms with Gasteiger partial charge < -0.3 is 25.4 Å². The smallest absolute Gasteiger partial charge is 0.325 e. The lowest BCUT2D eigenvalue weighted by Gasteiger charge is -2.30. The van der Waals surface area contributed by atoms with Crippen LogP contribution in [0.1, 0.15) is 48.9 Å². The molecule has 1 atom stereocenters. The second kappa shape index (κ2) is 12.0. The molecule has 0 aliphatic heterocycles. The molecule has 0 spiro atoms. The van der Waals surface area contributed by atoms with Crippen LogP contribution in [0.3, 0.4) is 0 Å². The number of ether oxygens (including phenoxy) is 1. The average Bonchev–Trinajstić information content (AvgIpc) is 3.30. The first-order valence-electron chi connectivity index (χ1n) is 12.9. The standard InChI is InChI=1S/C28H35N5O5/c1-32(2)20-13-11-19(12-14-20)25-27(29-17-24(36)38-3)33-15-7-10-21(26(33)31-25)28(37)30-22(16-23(34)35)18-8-5-4-6-9-18/h7,10-15,18,22,29H,4-6,8-9,16-17H2,1-3H3,(H,30,37)(H,34,35). The quantitative estimate of drug-likeness (QED) is 0.344. The molecule has 0 saturated heterocycles. The van der Waals surface area contributed by atoms with Gasteiger partial charge in [0.1, 0.15) is 18.1 Å². The molecule has 1 fully saturated rings. The zero-order valence-electron chi connectivity index (χ0n) is 22.1. The van der Waals surface area contributed by atoms with Crippen molar-refractivity contribution < 1.29 is 24.2 Å². The summed E-state index contributed by atoms with van der Waals surface area (Å²) in [4.78, 5) is 43.8. The van der Waals surface area contributed by atoms with Gasteiger partial charge in [0.25, 0.3) is 5.91 Å². The molecule has 2 heterocycles. The van der Waals surface area contributed by atoms with E-state index < -0.39 is 18.0 Å². The number of aromatic nitrogens is 2. The number of carboxylic acids is 1. The monoisotopic (exact) mass is 521 g/mol. The highest BCUT2D eigenvalue weighted by Crippen LogP contribution is 2.32. The van der Waals surface area contributed by atoms with Crippen LogP contribution >= 0.6 is 0 Å². The van der Waals surface area contributed by atoms with E-state index in [9.17, 15) is 19.5 Å². The highest BCUT2D eigenvalue weighted by Gasteiger charge is 2.29. The Bertz CT molecular complexity index is 1290. The molecule has 0 radical (unpaired) electrons. The maximum atomic E-state index is 13.5. The van der Waals surface area contributed by atoms with E-state index in [0.717, 1.165) is 43.4 Å². The number of hydrogen-bond acceptors (Lipinski definition) is 7. The molecule has 10 nitrogen and oxygen atoms in total. The van der Waals surface area contributed by atoms with Gasteiger partial charge in [-0.3, -0.25) is 18.8 Å². The lowest BCUT2D eigenvalue weighted by atomic mass is 9.82. The molecule has 1 aromatic carbocycles. The number of fused-ring (bicyclic) bond motifs is 1. The molecule has 2 aromatic heterocycles. The van der Waals surface area contributed by atoms with Crippen molar-refractivity contribution in [2.75, 3.05) is 38.0 Å². The van der Waals surface area contributed by atoms with Crippen LogP contribution in [0.2, 0.25) is 0 Å². The van der Waals surface area contributed by atoms with E-state index in [4.69, 9.17) is 9.72 Å². The van der Waals surface area contributed by atoms with Crippen molar-refractivity contribution in [1.29, 1.82) is 0 Å². The summed E-state index contributed by atoms with van der Waals surface area (Å²) in [5.41, 5.74) is 3.14. The molecule has 1 amide bonds. The Morgan fingerprint density at radius 3 is 2.47 bits per heavy atom. The summed E-state index contributed by atoms with van der Waals surface area (Å²) in [6.45, 7) is -0.0775. The summed E-state index contributed by atoms with van der Waals surface area (Å²) >= 11 is 0. The number of imidazole rings is 1. The van der Waals surface area contributed by atoms with E-state index >= 15 is 0 Å². The summed E-state index contributed by atoms with van der Waals surface area (Å²) in [5, 5.41) is 15.6. The first kappa shape index (κ1) is 27.0. The number of methoxy groups -OCH3 is 1. The van der Waals surface area contributed by atoms with Crippen molar-refractivity contribution in [2.45, 2.75) is 44.6 Å². The SMILES string of the molecule is COC(=O)CNc1c(-c2ccc(N(C)C)cc2)nc2c(C(=O)NC(CC(=O)O)C3CCCCC3)cccn12. The van der Waals surface area contributed by atoms with Crippen LogP contribution in [-0.2, 0) is 14.3 Å². The Labute approximate surface area is 222 Å². The summed E-state index contributed by atoms with van der Waals surface area (Å²) in [6, 6.07) is 10.8. The molecule has 4 rings (SSSR count). The summed E-state index contributed by atoms with van der Waals surface area (Å²) < 4.78 is 6.53. The van der Waals surface area contributed by atoms with Crippen LogP contribution < -0.4 is 15.5 Å². The first-order valence-corrected chi connectivity index (χ1v) is 12.9. The lowest BCUT2D eigenvalue weighted by Crippen LogP contribution is -2.42. The van der Waals surface area contributed by atoms with Gasteiger partial charge in [-0.2, -0.15) is 0 Å². The van der Waals surface area contributed by atoms with Gasteiger partial charge in [0.05, 0.1) is 19.1 Å². The topological polar surface area (TPSA) is 125 Å². The predicted molar refractivity (Wildman–Crippen MR) is 146 cm³/mol. The summed E-state index contributed by atoms with van der Waals surface area (Å²) in [5.74, 6) is -1.06. The number of benzene rings is 1. The molecular formula is C28H35N5O5. The third kappa shape index (κ3) is 6.07. The Morgan fingerprint density at radius 2 is 1.84 bits per heavy atom. The van der Waals surface area contributed by atoms with Crippen LogP contribution in [0.15, 0.2) is 42.6 Å². The number of amides is 1. The van der Waals surface area contributed by atoms with E-state index in [1.54, 1.807) is 22.7 Å². The molecule has 202 valence electrons. The minimum atomic E-state index is -0.933.